The van der Waals surface area contributed by atoms with Gasteiger partial charge in [-0.1, -0.05) is 11.6 Å². The van der Waals surface area contributed by atoms with Crippen LogP contribution in [0, 0.1) is 0 Å². The van der Waals surface area contributed by atoms with Crippen LogP contribution in [0.4, 0.5) is 0 Å². The van der Waals surface area contributed by atoms with Crippen molar-refractivity contribution in [2.24, 2.45) is 0 Å². The minimum Gasteiger partial charge on any atom is -0.478 e. The summed E-state index contributed by atoms with van der Waals surface area (Å²) < 4.78 is 7.23. The lowest BCUT2D eigenvalue weighted by Gasteiger charge is -2.25. The minimum atomic E-state index is -1.06. The Morgan fingerprint density at radius 2 is 2.04 bits per heavy atom. The van der Waals surface area contributed by atoms with Crippen LogP contribution in [-0.4, -0.2) is 27.6 Å². The standard InChI is InChI=1S/C18H18ClN3O3S/c1-18(2,25-13-5-3-12(19)4-6-13)17(24)20-8-9-22-11-21-15-14(16(22)23)7-10-26-15/h3-7,10-11H,8-9H2,1-2H3,(H,20,24). The van der Waals surface area contributed by atoms with Crippen molar-refractivity contribution in [3.8, 4) is 5.75 Å². The van der Waals surface area contributed by atoms with Crippen LogP contribution in [0.25, 0.3) is 10.2 Å². The van der Waals surface area contributed by atoms with Gasteiger partial charge in [-0.15, -0.1) is 11.3 Å². The second kappa shape index (κ2) is 7.47. The summed E-state index contributed by atoms with van der Waals surface area (Å²) in [6.07, 6.45) is 1.50. The zero-order valence-corrected chi connectivity index (χ0v) is 15.9. The molecule has 136 valence electrons. The smallest absolute Gasteiger partial charge is 0.263 e. The molecule has 0 spiro atoms. The number of hydrogen-bond donors (Lipinski definition) is 1. The molecule has 0 unspecified atom stereocenters. The molecule has 0 bridgehead atoms. The number of amides is 1. The van der Waals surface area contributed by atoms with Gasteiger partial charge >= 0.3 is 0 Å². The number of hydrogen-bond acceptors (Lipinski definition) is 5. The van der Waals surface area contributed by atoms with E-state index in [0.29, 0.717) is 34.1 Å². The number of thiophene rings is 1. The number of halogens is 1. The van der Waals surface area contributed by atoms with Gasteiger partial charge in [0.05, 0.1) is 11.7 Å². The molecule has 6 nitrogen and oxygen atoms in total. The Hall–Kier alpha value is -2.38. The van der Waals surface area contributed by atoms with Crippen LogP contribution in [0.2, 0.25) is 5.02 Å². The fourth-order valence-electron chi connectivity index (χ4n) is 2.40. The van der Waals surface area contributed by atoms with E-state index in [2.05, 4.69) is 10.3 Å². The van der Waals surface area contributed by atoms with Crippen molar-refractivity contribution in [3.63, 3.8) is 0 Å². The second-order valence-electron chi connectivity index (χ2n) is 6.20. The first-order valence-electron chi connectivity index (χ1n) is 8.02. The Kier molecular flexibility index (Phi) is 5.29. The molecule has 0 saturated heterocycles. The number of aromatic nitrogens is 2. The van der Waals surface area contributed by atoms with Crippen LogP contribution in [0.5, 0.6) is 5.75 Å². The van der Waals surface area contributed by atoms with Crippen molar-refractivity contribution >= 4 is 39.1 Å². The number of ether oxygens (including phenoxy) is 1. The number of nitrogens with zero attached hydrogens (tertiary/aromatic N) is 2. The summed E-state index contributed by atoms with van der Waals surface area (Å²) in [5.41, 5.74) is -1.17. The third kappa shape index (κ3) is 4.05. The van der Waals surface area contributed by atoms with Crippen LogP contribution >= 0.6 is 22.9 Å². The van der Waals surface area contributed by atoms with E-state index in [0.717, 1.165) is 0 Å². The Morgan fingerprint density at radius 3 is 2.77 bits per heavy atom. The van der Waals surface area contributed by atoms with Crippen molar-refractivity contribution in [2.45, 2.75) is 26.0 Å². The SMILES string of the molecule is CC(C)(Oc1ccc(Cl)cc1)C(=O)NCCn1cnc2sccc2c1=O. The van der Waals surface area contributed by atoms with Gasteiger partial charge in [0, 0.05) is 18.1 Å². The topological polar surface area (TPSA) is 73.2 Å². The zero-order chi connectivity index (χ0) is 18.7. The minimum absolute atomic E-state index is 0.109. The number of fused-ring (bicyclic) bond motifs is 1. The maximum Gasteiger partial charge on any atom is 0.263 e. The molecule has 3 aromatic rings. The van der Waals surface area contributed by atoms with E-state index in [1.54, 1.807) is 44.2 Å². The van der Waals surface area contributed by atoms with E-state index in [1.165, 1.54) is 22.2 Å². The highest BCUT2D eigenvalue weighted by atomic mass is 35.5. The van der Waals surface area contributed by atoms with Crippen molar-refractivity contribution in [1.29, 1.82) is 0 Å². The van der Waals surface area contributed by atoms with E-state index < -0.39 is 5.60 Å². The molecule has 0 aliphatic rings. The Bertz CT molecular complexity index is 979. The van der Waals surface area contributed by atoms with E-state index in [4.69, 9.17) is 16.3 Å². The molecule has 8 heteroatoms. The molecule has 0 fully saturated rings. The predicted octanol–water partition coefficient (Wildman–Crippen LogP) is 3.09. The average Bonchev–Trinajstić information content (AvgIpc) is 3.08. The van der Waals surface area contributed by atoms with Crippen LogP contribution in [0.3, 0.4) is 0 Å². The molecule has 0 aliphatic heterocycles. The first kappa shape index (κ1) is 18.4. The van der Waals surface area contributed by atoms with Gasteiger partial charge in [-0.25, -0.2) is 4.98 Å². The fourth-order valence-corrected chi connectivity index (χ4v) is 3.25. The van der Waals surface area contributed by atoms with Crippen molar-refractivity contribution < 1.29 is 9.53 Å². The van der Waals surface area contributed by atoms with Crippen molar-refractivity contribution in [1.82, 2.24) is 14.9 Å². The molecular weight excluding hydrogens is 374 g/mol. The third-order valence-electron chi connectivity index (χ3n) is 3.82. The molecule has 2 aromatic heterocycles. The zero-order valence-electron chi connectivity index (χ0n) is 14.4. The third-order valence-corrected chi connectivity index (χ3v) is 4.89. The second-order valence-corrected chi connectivity index (χ2v) is 7.54. The van der Waals surface area contributed by atoms with E-state index >= 15 is 0 Å². The van der Waals surface area contributed by atoms with Gasteiger partial charge in [-0.05, 0) is 49.6 Å². The lowest BCUT2D eigenvalue weighted by atomic mass is 10.1. The van der Waals surface area contributed by atoms with Gasteiger partial charge < -0.3 is 10.1 Å². The van der Waals surface area contributed by atoms with E-state index in [-0.39, 0.29) is 11.5 Å². The summed E-state index contributed by atoms with van der Waals surface area (Å²) in [6, 6.07) is 8.57. The van der Waals surface area contributed by atoms with Gasteiger partial charge in [0.15, 0.2) is 5.60 Å². The Morgan fingerprint density at radius 1 is 1.31 bits per heavy atom. The number of carbonyl (C=O) groups excluding carboxylic acids is 1. The molecule has 1 aromatic carbocycles. The van der Waals surface area contributed by atoms with Crippen molar-refractivity contribution in [3.05, 3.63) is 57.4 Å². The van der Waals surface area contributed by atoms with Crippen LogP contribution in [0.1, 0.15) is 13.8 Å². The Labute approximate surface area is 159 Å². The summed E-state index contributed by atoms with van der Waals surface area (Å²) in [4.78, 5) is 29.7. The molecule has 26 heavy (non-hydrogen) atoms. The fraction of sp³-hybridized carbons (Fsp3) is 0.278. The largest absolute Gasteiger partial charge is 0.478 e. The quantitative estimate of drug-likeness (QED) is 0.700. The average molecular weight is 392 g/mol. The summed E-state index contributed by atoms with van der Waals surface area (Å²) in [6.45, 7) is 3.99. The normalized spacial score (nSPS) is 11.5. The maximum atomic E-state index is 12.4. The van der Waals surface area contributed by atoms with Gasteiger partial charge in [-0.2, -0.15) is 0 Å². The lowest BCUT2D eigenvalue weighted by Crippen LogP contribution is -2.47. The van der Waals surface area contributed by atoms with Crippen LogP contribution in [-0.2, 0) is 11.3 Å². The number of carbonyl (C=O) groups is 1. The van der Waals surface area contributed by atoms with E-state index in [9.17, 15) is 9.59 Å². The molecule has 0 aliphatic carbocycles. The summed E-state index contributed by atoms with van der Waals surface area (Å²) in [5, 5.41) is 5.82. The summed E-state index contributed by atoms with van der Waals surface area (Å²) >= 11 is 7.27. The summed E-state index contributed by atoms with van der Waals surface area (Å²) in [7, 11) is 0. The number of nitrogens with one attached hydrogen (secondary N) is 1. The van der Waals surface area contributed by atoms with Crippen molar-refractivity contribution in [2.75, 3.05) is 6.54 Å². The molecule has 0 radical (unpaired) electrons. The molecule has 2 heterocycles. The lowest BCUT2D eigenvalue weighted by molar-refractivity contribution is -0.134. The van der Waals surface area contributed by atoms with Crippen LogP contribution < -0.4 is 15.6 Å². The predicted molar refractivity (Wildman–Crippen MR) is 103 cm³/mol. The first-order valence-corrected chi connectivity index (χ1v) is 9.28. The molecule has 0 saturated carbocycles. The van der Waals surface area contributed by atoms with Gasteiger partial charge in [-0.3, -0.25) is 14.2 Å². The van der Waals surface area contributed by atoms with E-state index in [1.807, 2.05) is 5.38 Å². The molecular formula is C18H18ClN3O3S. The number of rotatable bonds is 6. The first-order chi connectivity index (χ1) is 12.4. The summed E-state index contributed by atoms with van der Waals surface area (Å²) in [5.74, 6) is 0.281. The van der Waals surface area contributed by atoms with Crippen LogP contribution in [0.15, 0.2) is 46.8 Å². The monoisotopic (exact) mass is 391 g/mol. The Balaban J connectivity index is 1.59. The van der Waals surface area contributed by atoms with Gasteiger partial charge in [0.2, 0.25) is 0 Å². The van der Waals surface area contributed by atoms with Gasteiger partial charge in [0.25, 0.3) is 11.5 Å². The van der Waals surface area contributed by atoms with Gasteiger partial charge in [0.1, 0.15) is 10.6 Å². The highest BCUT2D eigenvalue weighted by Crippen LogP contribution is 2.21. The highest BCUT2D eigenvalue weighted by molar-refractivity contribution is 7.16. The molecule has 1 amide bonds. The number of benzene rings is 1. The highest BCUT2D eigenvalue weighted by Gasteiger charge is 2.29. The molecule has 3 rings (SSSR count). The molecule has 1 N–H and O–H groups in total. The maximum absolute atomic E-state index is 12.4. The molecule has 0 atom stereocenters.